The molecule has 1 saturated heterocycles. The van der Waals surface area contributed by atoms with Crippen LogP contribution in [0.2, 0.25) is 10.1 Å². The van der Waals surface area contributed by atoms with Crippen LogP contribution in [-0.2, 0) is 13.6 Å². The van der Waals surface area contributed by atoms with E-state index in [1.807, 2.05) is 142 Å². The second-order valence-electron chi connectivity index (χ2n) is 15.4. The molecule has 0 radical (unpaired) electrons. The molecule has 272 valence electrons. The number of nitrogens with zero attached hydrogens (tertiary/aromatic N) is 2. The predicted octanol–water partition coefficient (Wildman–Crippen LogP) is 5.88. The number of ether oxygens (including phenoxy) is 1. The number of alkyl halides is 2. The van der Waals surface area contributed by atoms with E-state index >= 15 is 8.78 Å². The highest BCUT2D eigenvalue weighted by Gasteiger charge is 2.65. The van der Waals surface area contributed by atoms with Crippen LogP contribution in [0.4, 0.5) is 14.6 Å². The molecule has 0 amide bonds. The van der Waals surface area contributed by atoms with Crippen molar-refractivity contribution >= 4 is 43.2 Å². The van der Waals surface area contributed by atoms with Crippen LogP contribution in [0.3, 0.4) is 0 Å². The summed E-state index contributed by atoms with van der Waals surface area (Å²) in [5.41, 5.74) is 4.83. The normalized spacial score (nSPS) is 19.4. The minimum atomic E-state index is -3.70. The van der Waals surface area contributed by atoms with Crippen molar-refractivity contribution in [2.45, 2.75) is 76.0 Å². The number of hydrogen-bond donors (Lipinski definition) is 1. The summed E-state index contributed by atoms with van der Waals surface area (Å²) in [5, 5.41) is 2.63. The Hall–Kier alpha value is -4.27. The summed E-state index contributed by atoms with van der Waals surface area (Å²) in [6, 6.07) is 40.6. The molecule has 1 aromatic heterocycles. The Labute approximate surface area is 306 Å². The van der Waals surface area contributed by atoms with Gasteiger partial charge in [-0.15, -0.1) is 0 Å². The van der Waals surface area contributed by atoms with Crippen molar-refractivity contribution in [1.82, 2.24) is 9.55 Å². The summed E-state index contributed by atoms with van der Waals surface area (Å²) < 4.78 is 56.4. The lowest BCUT2D eigenvalue weighted by molar-refractivity contribution is -0.137. The first-order valence-electron chi connectivity index (χ1n) is 17.5. The fourth-order valence-corrected chi connectivity index (χ4v) is 17.0. The van der Waals surface area contributed by atoms with E-state index in [1.54, 1.807) is 0 Å². The third-order valence-electron chi connectivity index (χ3n) is 10.1. The van der Waals surface area contributed by atoms with Crippen LogP contribution in [-0.4, -0.2) is 50.9 Å². The molecule has 2 N–H and O–H groups in total. The third-order valence-corrected chi connectivity index (χ3v) is 20.1. The molecule has 0 spiro atoms. The second kappa shape index (κ2) is 14.3. The molecular formula is C41H47F2N3O4Si2. The molecular weight excluding hydrogens is 693 g/mol. The zero-order valence-corrected chi connectivity index (χ0v) is 32.5. The zero-order valence-electron chi connectivity index (χ0n) is 30.5. The van der Waals surface area contributed by atoms with Crippen molar-refractivity contribution in [2.24, 2.45) is 0 Å². The number of nitrogen functional groups attached to an aromatic ring is 1. The molecule has 0 aliphatic carbocycles. The Bertz CT molecular complexity index is 1930. The lowest BCUT2D eigenvalue weighted by Crippen LogP contribution is -2.70. The van der Waals surface area contributed by atoms with Crippen LogP contribution < -0.4 is 32.2 Å². The molecule has 7 nitrogen and oxygen atoms in total. The van der Waals surface area contributed by atoms with Gasteiger partial charge >= 0.3 is 11.6 Å². The molecule has 1 fully saturated rings. The van der Waals surface area contributed by atoms with Crippen LogP contribution in [0, 0.1) is 0 Å². The average Bonchev–Trinajstić information content (AvgIpc) is 3.36. The van der Waals surface area contributed by atoms with Gasteiger partial charge < -0.3 is 19.3 Å². The van der Waals surface area contributed by atoms with Crippen molar-refractivity contribution in [3.05, 3.63) is 144 Å². The standard InChI is InChI=1S/C41H47F2N3O4Si2/c1-39(2,3)51(30-19-11-7-12-20-30,31-21-13-8-14-22-31)48-29-34-36(41(42,43)37(49-34)46-28-27-35(44)45-38(46)47)50-52(40(4,5)6,32-23-15-9-16-24-32)33-25-17-10-18-26-33/h7-28,34,36-37H,29H2,1-6H3,(H2,44,45,47). The zero-order chi connectivity index (χ0) is 37.4. The SMILES string of the molecule is CC(C)(C)[Si](OCC1OC(n2ccc(N)nc2=O)C(F)(F)C1O[Si](c1ccccc1)(c1ccccc1)C(C)(C)C)(c1ccccc1)c1ccccc1. The Morgan fingerprint density at radius 1 is 0.712 bits per heavy atom. The number of aromatic nitrogens is 2. The number of benzene rings is 4. The van der Waals surface area contributed by atoms with Gasteiger partial charge in [-0.1, -0.05) is 163 Å². The van der Waals surface area contributed by atoms with E-state index in [-0.39, 0.29) is 12.4 Å². The summed E-state index contributed by atoms with van der Waals surface area (Å²) in [4.78, 5) is 16.9. The van der Waals surface area contributed by atoms with E-state index in [4.69, 9.17) is 19.3 Å². The van der Waals surface area contributed by atoms with E-state index in [0.717, 1.165) is 25.3 Å². The van der Waals surface area contributed by atoms with E-state index < -0.39 is 56.8 Å². The summed E-state index contributed by atoms with van der Waals surface area (Å²) in [6.07, 6.45) is -3.92. The molecule has 6 rings (SSSR count). The van der Waals surface area contributed by atoms with Gasteiger partial charge in [0.25, 0.3) is 16.6 Å². The van der Waals surface area contributed by atoms with Crippen molar-refractivity contribution in [3.63, 3.8) is 0 Å². The van der Waals surface area contributed by atoms with Gasteiger partial charge in [0.1, 0.15) is 18.0 Å². The van der Waals surface area contributed by atoms with E-state index in [2.05, 4.69) is 25.8 Å². The number of rotatable bonds is 10. The van der Waals surface area contributed by atoms with Gasteiger partial charge in [-0.25, -0.2) is 4.79 Å². The Kier molecular flexibility index (Phi) is 10.3. The van der Waals surface area contributed by atoms with Crippen molar-refractivity contribution in [3.8, 4) is 0 Å². The summed E-state index contributed by atoms with van der Waals surface area (Å²) in [7, 11) is -6.77. The number of anilines is 1. The molecule has 3 unspecified atom stereocenters. The monoisotopic (exact) mass is 739 g/mol. The van der Waals surface area contributed by atoms with Gasteiger partial charge in [0.2, 0.25) is 6.23 Å². The van der Waals surface area contributed by atoms with E-state index in [1.165, 1.54) is 12.3 Å². The topological polar surface area (TPSA) is 88.6 Å². The summed E-state index contributed by atoms with van der Waals surface area (Å²) in [6.45, 7) is 12.3. The predicted molar refractivity (Wildman–Crippen MR) is 208 cm³/mol. The highest BCUT2D eigenvalue weighted by atomic mass is 28.4. The van der Waals surface area contributed by atoms with Crippen LogP contribution >= 0.6 is 0 Å². The van der Waals surface area contributed by atoms with E-state index in [0.29, 0.717) is 0 Å². The maximum absolute atomic E-state index is 17.4. The van der Waals surface area contributed by atoms with Crippen molar-refractivity contribution < 1.29 is 22.4 Å². The van der Waals surface area contributed by atoms with Gasteiger partial charge in [-0.05, 0) is 36.9 Å². The van der Waals surface area contributed by atoms with E-state index in [9.17, 15) is 4.79 Å². The van der Waals surface area contributed by atoms with Crippen molar-refractivity contribution in [1.29, 1.82) is 0 Å². The van der Waals surface area contributed by atoms with Crippen molar-refractivity contribution in [2.75, 3.05) is 12.3 Å². The van der Waals surface area contributed by atoms with Gasteiger partial charge in [0.15, 0.2) is 0 Å². The maximum Gasteiger partial charge on any atom is 0.351 e. The summed E-state index contributed by atoms with van der Waals surface area (Å²) >= 11 is 0. The van der Waals surface area contributed by atoms with Crippen LogP contribution in [0.1, 0.15) is 47.8 Å². The Balaban J connectivity index is 1.54. The first-order valence-corrected chi connectivity index (χ1v) is 21.4. The smallest absolute Gasteiger partial charge is 0.351 e. The maximum atomic E-state index is 17.4. The molecule has 0 bridgehead atoms. The Morgan fingerprint density at radius 2 is 1.12 bits per heavy atom. The lowest BCUT2D eigenvalue weighted by Gasteiger charge is -2.46. The van der Waals surface area contributed by atoms with Gasteiger partial charge in [0, 0.05) is 6.20 Å². The lowest BCUT2D eigenvalue weighted by atomic mass is 10.1. The molecule has 0 saturated carbocycles. The molecule has 52 heavy (non-hydrogen) atoms. The second-order valence-corrected chi connectivity index (χ2v) is 24.0. The minimum absolute atomic E-state index is 0.0748. The molecule has 1 aliphatic heterocycles. The largest absolute Gasteiger partial charge is 0.405 e. The van der Waals surface area contributed by atoms with Crippen LogP contribution in [0.15, 0.2) is 138 Å². The van der Waals surface area contributed by atoms with Gasteiger partial charge in [-0.3, -0.25) is 4.57 Å². The molecule has 4 aromatic carbocycles. The fraction of sp³-hybridized carbons (Fsp3) is 0.317. The highest BCUT2D eigenvalue weighted by molar-refractivity contribution is 7.00. The van der Waals surface area contributed by atoms with Gasteiger partial charge in [-0.2, -0.15) is 13.8 Å². The third kappa shape index (κ3) is 6.60. The quantitative estimate of drug-likeness (QED) is 0.180. The molecule has 1 aliphatic rings. The number of hydrogen-bond acceptors (Lipinski definition) is 6. The van der Waals surface area contributed by atoms with Crippen LogP contribution in [0.5, 0.6) is 0 Å². The molecule has 3 atom stereocenters. The minimum Gasteiger partial charge on any atom is -0.405 e. The number of halogens is 2. The van der Waals surface area contributed by atoms with Gasteiger partial charge in [0.05, 0.1) is 6.61 Å². The summed E-state index contributed by atoms with van der Waals surface area (Å²) in [5.74, 6) is -3.78. The highest BCUT2D eigenvalue weighted by Crippen LogP contribution is 2.48. The molecule has 2 heterocycles. The fourth-order valence-electron chi connectivity index (χ4n) is 7.70. The van der Waals surface area contributed by atoms with Crippen LogP contribution in [0.25, 0.3) is 0 Å². The Morgan fingerprint density at radius 3 is 1.50 bits per heavy atom. The molecule has 5 aromatic rings. The molecule has 11 heteroatoms. The first kappa shape index (κ1) is 37.5. The number of nitrogens with two attached hydrogens (primary N) is 1. The average molecular weight is 740 g/mol. The first-order chi connectivity index (χ1) is 24.6.